The first-order valence-electron chi connectivity index (χ1n) is 6.55. The highest BCUT2D eigenvalue weighted by Crippen LogP contribution is 2.23. The molecule has 0 heterocycles. The molecule has 0 saturated heterocycles. The van der Waals surface area contributed by atoms with Crippen LogP contribution in [0.15, 0.2) is 48.5 Å². The second-order valence-electron chi connectivity index (χ2n) is 4.84. The smallest absolute Gasteiger partial charge is 0.229 e. The van der Waals surface area contributed by atoms with Gasteiger partial charge in [0.05, 0.1) is 11.6 Å². The van der Waals surface area contributed by atoms with Crippen molar-refractivity contribution < 1.29 is 9.18 Å². The zero-order chi connectivity index (χ0) is 15.4. The van der Waals surface area contributed by atoms with Crippen molar-refractivity contribution in [3.63, 3.8) is 0 Å². The standard InChI is InChI=1S/C16H16FIN2O/c1-10(15(19)11-5-3-2-4-6-11)16(21)20-14-8-7-12(17)9-13(14)18/h2-10,15H,19H2,1H3,(H,20,21). The molecule has 2 unspecified atom stereocenters. The van der Waals surface area contributed by atoms with Gasteiger partial charge >= 0.3 is 0 Å². The summed E-state index contributed by atoms with van der Waals surface area (Å²) in [5.74, 6) is -0.907. The fourth-order valence-electron chi connectivity index (χ4n) is 1.96. The summed E-state index contributed by atoms with van der Waals surface area (Å²) >= 11 is 1.99. The van der Waals surface area contributed by atoms with Gasteiger partial charge in [-0.1, -0.05) is 37.3 Å². The molecule has 0 saturated carbocycles. The number of hydrogen-bond acceptors (Lipinski definition) is 2. The summed E-state index contributed by atoms with van der Waals surface area (Å²) < 4.78 is 13.7. The van der Waals surface area contributed by atoms with Crippen LogP contribution in [0.1, 0.15) is 18.5 Å². The predicted octanol–water partition coefficient (Wildman–Crippen LogP) is 3.70. The molecule has 0 bridgehead atoms. The van der Waals surface area contributed by atoms with Gasteiger partial charge < -0.3 is 11.1 Å². The Morgan fingerprint density at radius 3 is 2.52 bits per heavy atom. The molecule has 2 atom stereocenters. The highest BCUT2D eigenvalue weighted by atomic mass is 127. The normalized spacial score (nSPS) is 13.5. The topological polar surface area (TPSA) is 55.1 Å². The van der Waals surface area contributed by atoms with Crippen LogP contribution in [0.25, 0.3) is 0 Å². The lowest BCUT2D eigenvalue weighted by atomic mass is 9.94. The van der Waals surface area contributed by atoms with Crippen molar-refractivity contribution in [2.75, 3.05) is 5.32 Å². The summed E-state index contributed by atoms with van der Waals surface area (Å²) in [6.07, 6.45) is 0. The van der Waals surface area contributed by atoms with E-state index in [-0.39, 0.29) is 17.8 Å². The van der Waals surface area contributed by atoms with Gasteiger partial charge in [0.2, 0.25) is 5.91 Å². The van der Waals surface area contributed by atoms with Crippen molar-refractivity contribution >= 4 is 34.2 Å². The summed E-state index contributed by atoms with van der Waals surface area (Å²) in [5, 5.41) is 2.79. The van der Waals surface area contributed by atoms with Gasteiger partial charge in [0.1, 0.15) is 5.82 Å². The fraction of sp³-hybridized carbons (Fsp3) is 0.188. The molecule has 3 nitrogen and oxygen atoms in total. The first-order chi connectivity index (χ1) is 9.99. The molecule has 0 aliphatic carbocycles. The molecule has 1 amide bonds. The van der Waals surface area contributed by atoms with Gasteiger partial charge in [0.15, 0.2) is 0 Å². The maximum atomic E-state index is 13.1. The number of carbonyl (C=O) groups is 1. The van der Waals surface area contributed by atoms with Crippen molar-refractivity contribution in [1.82, 2.24) is 0 Å². The van der Waals surface area contributed by atoms with E-state index in [2.05, 4.69) is 5.32 Å². The number of nitrogens with one attached hydrogen (secondary N) is 1. The van der Waals surface area contributed by atoms with Crippen molar-refractivity contribution in [3.8, 4) is 0 Å². The minimum Gasteiger partial charge on any atom is -0.325 e. The van der Waals surface area contributed by atoms with Gasteiger partial charge in [-0.15, -0.1) is 0 Å². The minimum atomic E-state index is -0.395. The largest absolute Gasteiger partial charge is 0.325 e. The molecule has 21 heavy (non-hydrogen) atoms. The van der Waals surface area contributed by atoms with Gasteiger partial charge in [-0.3, -0.25) is 4.79 Å². The van der Waals surface area contributed by atoms with Crippen molar-refractivity contribution in [1.29, 1.82) is 0 Å². The maximum absolute atomic E-state index is 13.1. The second-order valence-corrected chi connectivity index (χ2v) is 6.00. The molecule has 5 heteroatoms. The molecule has 0 radical (unpaired) electrons. The molecule has 2 aromatic rings. The van der Waals surface area contributed by atoms with Gasteiger partial charge in [-0.2, -0.15) is 0 Å². The summed E-state index contributed by atoms with van der Waals surface area (Å²) in [5.41, 5.74) is 7.64. The Bertz CT molecular complexity index is 633. The van der Waals surface area contributed by atoms with Crippen LogP contribution < -0.4 is 11.1 Å². The van der Waals surface area contributed by atoms with E-state index in [1.54, 1.807) is 13.0 Å². The number of amides is 1. The van der Waals surface area contributed by atoms with Crippen molar-refractivity contribution in [2.24, 2.45) is 11.7 Å². The molecule has 2 aromatic carbocycles. The Balaban J connectivity index is 2.09. The van der Waals surface area contributed by atoms with Gasteiger partial charge in [0, 0.05) is 9.61 Å². The van der Waals surface area contributed by atoms with Crippen molar-refractivity contribution in [3.05, 3.63) is 63.5 Å². The monoisotopic (exact) mass is 398 g/mol. The van der Waals surface area contributed by atoms with Crippen LogP contribution >= 0.6 is 22.6 Å². The summed E-state index contributed by atoms with van der Waals surface area (Å²) in [4.78, 5) is 12.3. The van der Waals surface area contributed by atoms with Gasteiger partial charge in [-0.25, -0.2) is 4.39 Å². The average molecular weight is 398 g/mol. The van der Waals surface area contributed by atoms with E-state index in [9.17, 15) is 9.18 Å². The van der Waals surface area contributed by atoms with E-state index in [0.717, 1.165) is 5.56 Å². The van der Waals surface area contributed by atoms with Crippen LogP contribution in [0, 0.1) is 15.3 Å². The lowest BCUT2D eigenvalue weighted by Crippen LogP contribution is -2.30. The van der Waals surface area contributed by atoms with Crippen molar-refractivity contribution in [2.45, 2.75) is 13.0 Å². The molecule has 0 aromatic heterocycles. The highest BCUT2D eigenvalue weighted by molar-refractivity contribution is 14.1. The van der Waals surface area contributed by atoms with Crippen LogP contribution in [0.3, 0.4) is 0 Å². The fourth-order valence-corrected chi connectivity index (χ4v) is 2.58. The van der Waals surface area contributed by atoms with Gasteiger partial charge in [0.25, 0.3) is 0 Å². The first kappa shape index (κ1) is 15.9. The Morgan fingerprint density at radius 2 is 1.90 bits per heavy atom. The number of benzene rings is 2. The number of nitrogens with two attached hydrogens (primary N) is 1. The maximum Gasteiger partial charge on any atom is 0.229 e. The Kier molecular flexibility index (Phi) is 5.30. The third-order valence-electron chi connectivity index (χ3n) is 3.33. The zero-order valence-electron chi connectivity index (χ0n) is 11.5. The highest BCUT2D eigenvalue weighted by Gasteiger charge is 2.22. The molecule has 0 aliphatic rings. The van der Waals surface area contributed by atoms with Crippen LogP contribution in [0.5, 0.6) is 0 Å². The second kappa shape index (κ2) is 7.00. The Hall–Kier alpha value is -1.47. The van der Waals surface area contributed by atoms with Crippen LogP contribution in [-0.2, 0) is 4.79 Å². The number of rotatable bonds is 4. The van der Waals surface area contributed by atoms with E-state index in [1.807, 2.05) is 52.9 Å². The Labute approximate surface area is 136 Å². The summed E-state index contributed by atoms with van der Waals surface area (Å²) in [6.45, 7) is 1.78. The van der Waals surface area contributed by atoms with Crippen LogP contribution in [-0.4, -0.2) is 5.91 Å². The van der Waals surface area contributed by atoms with E-state index in [0.29, 0.717) is 9.26 Å². The minimum absolute atomic E-state index is 0.184. The van der Waals surface area contributed by atoms with E-state index in [4.69, 9.17) is 5.73 Å². The SMILES string of the molecule is CC(C(=O)Nc1ccc(F)cc1I)C(N)c1ccccc1. The van der Waals surface area contributed by atoms with E-state index < -0.39 is 5.92 Å². The lowest BCUT2D eigenvalue weighted by Gasteiger charge is -2.20. The predicted molar refractivity (Wildman–Crippen MR) is 90.3 cm³/mol. The van der Waals surface area contributed by atoms with E-state index >= 15 is 0 Å². The number of hydrogen-bond donors (Lipinski definition) is 2. The number of carbonyl (C=O) groups excluding carboxylic acids is 1. The molecule has 2 rings (SSSR count). The van der Waals surface area contributed by atoms with Gasteiger partial charge in [-0.05, 0) is 46.4 Å². The molecule has 3 N–H and O–H groups in total. The molecule has 0 aliphatic heterocycles. The quantitative estimate of drug-likeness (QED) is 0.772. The Morgan fingerprint density at radius 1 is 1.24 bits per heavy atom. The molecular formula is C16H16FIN2O. The molecule has 0 fully saturated rings. The lowest BCUT2D eigenvalue weighted by molar-refractivity contribution is -0.120. The summed E-state index contributed by atoms with van der Waals surface area (Å²) in [7, 11) is 0. The van der Waals surface area contributed by atoms with Crippen LogP contribution in [0.2, 0.25) is 0 Å². The average Bonchev–Trinajstić information content (AvgIpc) is 2.49. The molecule has 110 valence electrons. The number of halogens is 2. The summed E-state index contributed by atoms with van der Waals surface area (Å²) in [6, 6.07) is 13.3. The van der Waals surface area contributed by atoms with E-state index in [1.165, 1.54) is 12.1 Å². The number of anilines is 1. The molecular weight excluding hydrogens is 382 g/mol. The van der Waals surface area contributed by atoms with Crippen LogP contribution in [0.4, 0.5) is 10.1 Å². The first-order valence-corrected chi connectivity index (χ1v) is 7.63. The third-order valence-corrected chi connectivity index (χ3v) is 4.22. The third kappa shape index (κ3) is 4.01. The molecule has 0 spiro atoms. The zero-order valence-corrected chi connectivity index (χ0v) is 13.7.